The summed E-state index contributed by atoms with van der Waals surface area (Å²) in [6.07, 6.45) is 26.4. The Bertz CT molecular complexity index is 3180. The lowest BCUT2D eigenvalue weighted by molar-refractivity contribution is 0.0223. The van der Waals surface area contributed by atoms with Crippen LogP contribution in [0.4, 0.5) is 28.3 Å². The van der Waals surface area contributed by atoms with Crippen LogP contribution in [0.1, 0.15) is 120 Å². The van der Waals surface area contributed by atoms with Crippen LogP contribution in [0.5, 0.6) is 0 Å². The van der Waals surface area contributed by atoms with Crippen molar-refractivity contribution in [2.24, 2.45) is 11.8 Å². The summed E-state index contributed by atoms with van der Waals surface area (Å²) in [5.41, 5.74) is 8.50. The first-order valence-corrected chi connectivity index (χ1v) is 24.9. The van der Waals surface area contributed by atoms with Crippen LogP contribution in [-0.4, -0.2) is 78.7 Å². The molecule has 17 heteroatoms. The molecule has 0 radical (unpaired) electrons. The molecule has 8 aromatic rings. The Morgan fingerprint density at radius 1 is 0.643 bits per heavy atom. The number of amides is 1. The normalized spacial score (nSPS) is 20.3. The van der Waals surface area contributed by atoms with Gasteiger partial charge in [0.25, 0.3) is 0 Å². The summed E-state index contributed by atoms with van der Waals surface area (Å²) in [6, 6.07) is 9.17. The van der Waals surface area contributed by atoms with Crippen molar-refractivity contribution in [3.8, 4) is 0 Å². The van der Waals surface area contributed by atoms with E-state index in [2.05, 4.69) is 87.0 Å². The van der Waals surface area contributed by atoms with Gasteiger partial charge in [0.1, 0.15) is 28.5 Å². The topological polar surface area (TPSA) is 179 Å². The third kappa shape index (κ3) is 9.67. The lowest BCUT2D eigenvalue weighted by atomic mass is 9.87. The fourth-order valence-corrected chi connectivity index (χ4v) is 10.8. The number of ether oxygens (including phenoxy) is 1. The molecule has 364 valence electrons. The average Bonchev–Trinajstić information content (AvgIpc) is 3.86. The summed E-state index contributed by atoms with van der Waals surface area (Å²) in [5.74, 6) is 4.20. The number of pyridine rings is 4. The molecule has 0 unspecified atom stereocenters. The molecule has 0 atom stereocenters. The number of anilines is 4. The van der Waals surface area contributed by atoms with E-state index in [0.717, 1.165) is 100 Å². The van der Waals surface area contributed by atoms with Crippen molar-refractivity contribution in [2.75, 3.05) is 23.7 Å². The molecule has 12 rings (SSSR count). The predicted octanol–water partition coefficient (Wildman–Crippen LogP) is 11.1. The molecule has 2 aliphatic heterocycles. The molecule has 10 heterocycles. The maximum Gasteiger partial charge on any atom is 0.410 e. The molecular formula is C53H63ClN14O2. The molecule has 16 nitrogen and oxygen atoms in total. The summed E-state index contributed by atoms with van der Waals surface area (Å²) in [7, 11) is 0. The van der Waals surface area contributed by atoms with Crippen molar-refractivity contribution in [2.45, 2.75) is 130 Å². The summed E-state index contributed by atoms with van der Waals surface area (Å²) < 4.78 is 10.3. The number of rotatable bonds is 6. The van der Waals surface area contributed by atoms with Gasteiger partial charge in [0.05, 0.1) is 30.0 Å². The molecule has 0 spiro atoms. The van der Waals surface area contributed by atoms with E-state index >= 15 is 0 Å². The number of fused-ring (bicyclic) bond motifs is 8. The van der Waals surface area contributed by atoms with Gasteiger partial charge in [0.15, 0.2) is 0 Å². The second kappa shape index (κ2) is 19.7. The molecule has 3 N–H and O–H groups in total. The van der Waals surface area contributed by atoms with Crippen LogP contribution in [-0.2, 0) is 30.7 Å². The zero-order valence-electron chi connectivity index (χ0n) is 40.8. The quantitative estimate of drug-likeness (QED) is 0.143. The van der Waals surface area contributed by atoms with E-state index in [1.807, 2.05) is 76.4 Å². The standard InChI is InChI=1S/C29H35N7O2.C24H27N7.ClH/c1-18-5-7-21(8-6-18)36-24-16-30-11-9-22(24)23-15-32-27(34-26(23)36)33-25-13-19-10-12-35(17-20(19)14-31-25)28(37)38-29(2,3)4;1-15-2-4-18(5-3-15)31-21-14-26-9-7-19(21)20-13-28-24(30-23(20)31)29-22-10-16-6-8-25-11-17(16)12-27-22;/h9,11,13-16,18,21H,5-8,10,12,17H2,1-4H3,(H,31,32,33,34);7,9-10,12-15,18,25H,2-6,8,11H2,1H3,(H,27,28,29,30);1H. The third-order valence-electron chi connectivity index (χ3n) is 14.6. The molecule has 2 fully saturated rings. The van der Waals surface area contributed by atoms with Gasteiger partial charge in [-0.2, -0.15) is 9.97 Å². The van der Waals surface area contributed by atoms with E-state index in [0.29, 0.717) is 42.9 Å². The minimum absolute atomic E-state index is 0. The number of nitrogens with zero attached hydrogens (tertiary/aromatic N) is 11. The minimum atomic E-state index is -0.512. The van der Waals surface area contributed by atoms with Gasteiger partial charge in [-0.25, -0.2) is 24.7 Å². The van der Waals surface area contributed by atoms with E-state index in [1.54, 1.807) is 4.90 Å². The smallest absolute Gasteiger partial charge is 0.410 e. The van der Waals surface area contributed by atoms with Crippen LogP contribution in [0.25, 0.3) is 43.9 Å². The SMILES string of the molecule is CC1CCC(n2c3cnccc3c3cnc(Nc4cc5c(cn4)CN(C(=O)OC(C)(C)C)CC5)nc32)CC1.CC1CCC(n2c3cnccc3c3cnc(Nc4cc5c(cn4)CNCC5)nc32)CC1.Cl. The second-order valence-electron chi connectivity index (χ2n) is 20.7. The van der Waals surface area contributed by atoms with Crippen LogP contribution in [0.2, 0.25) is 0 Å². The van der Waals surface area contributed by atoms with Gasteiger partial charge in [0.2, 0.25) is 11.9 Å². The van der Waals surface area contributed by atoms with Gasteiger partial charge in [0, 0.05) is 83.9 Å². The Labute approximate surface area is 414 Å². The highest BCUT2D eigenvalue weighted by Crippen LogP contribution is 2.40. The number of carbonyl (C=O) groups excluding carboxylic acids is 1. The molecule has 0 bridgehead atoms. The Kier molecular flexibility index (Phi) is 13.3. The van der Waals surface area contributed by atoms with E-state index in [1.165, 1.54) is 60.6 Å². The van der Waals surface area contributed by atoms with Crippen LogP contribution < -0.4 is 16.0 Å². The molecule has 4 aliphatic rings. The first kappa shape index (κ1) is 47.2. The van der Waals surface area contributed by atoms with E-state index < -0.39 is 5.60 Å². The fourth-order valence-electron chi connectivity index (χ4n) is 10.8. The maximum absolute atomic E-state index is 12.5. The zero-order valence-corrected chi connectivity index (χ0v) is 41.6. The van der Waals surface area contributed by atoms with Crippen molar-refractivity contribution in [3.63, 3.8) is 0 Å². The summed E-state index contributed by atoms with van der Waals surface area (Å²) in [5, 5.41) is 14.5. The van der Waals surface area contributed by atoms with Gasteiger partial charge in [-0.3, -0.25) is 9.97 Å². The van der Waals surface area contributed by atoms with Crippen LogP contribution in [0.3, 0.4) is 0 Å². The predicted molar refractivity (Wildman–Crippen MR) is 277 cm³/mol. The Morgan fingerprint density at radius 2 is 1.16 bits per heavy atom. The maximum atomic E-state index is 12.5. The van der Waals surface area contributed by atoms with Crippen molar-refractivity contribution in [1.82, 2.24) is 59.2 Å². The zero-order chi connectivity index (χ0) is 47.2. The summed E-state index contributed by atoms with van der Waals surface area (Å²) in [6.45, 7) is 13.3. The highest BCUT2D eigenvalue weighted by molar-refractivity contribution is 6.07. The fraction of sp³-hybridized carbons (Fsp3) is 0.453. The monoisotopic (exact) mass is 962 g/mol. The molecule has 2 saturated carbocycles. The van der Waals surface area contributed by atoms with Gasteiger partial charge in [-0.05, 0) is 150 Å². The number of halogens is 1. The first-order valence-electron chi connectivity index (χ1n) is 24.9. The second-order valence-corrected chi connectivity index (χ2v) is 20.7. The molecule has 8 aromatic heterocycles. The van der Waals surface area contributed by atoms with Crippen molar-refractivity contribution < 1.29 is 9.53 Å². The van der Waals surface area contributed by atoms with Gasteiger partial charge < -0.3 is 34.7 Å². The number of hydrogen-bond donors (Lipinski definition) is 3. The van der Waals surface area contributed by atoms with E-state index in [-0.39, 0.29) is 18.5 Å². The average molecular weight is 964 g/mol. The first-order chi connectivity index (χ1) is 33.5. The minimum Gasteiger partial charge on any atom is -0.444 e. The molecule has 2 aliphatic carbocycles. The number of hydrogen-bond acceptors (Lipinski definition) is 13. The number of nitrogens with one attached hydrogen (secondary N) is 3. The van der Waals surface area contributed by atoms with Crippen LogP contribution in [0.15, 0.2) is 73.8 Å². The van der Waals surface area contributed by atoms with Gasteiger partial charge in [-0.1, -0.05) is 13.8 Å². The van der Waals surface area contributed by atoms with Crippen molar-refractivity contribution in [3.05, 3.63) is 96.1 Å². The highest BCUT2D eigenvalue weighted by Gasteiger charge is 2.28. The molecule has 70 heavy (non-hydrogen) atoms. The number of aromatic nitrogens is 10. The largest absolute Gasteiger partial charge is 0.444 e. The van der Waals surface area contributed by atoms with Crippen molar-refractivity contribution in [1.29, 1.82) is 0 Å². The Balaban J connectivity index is 0.000000163. The summed E-state index contributed by atoms with van der Waals surface area (Å²) in [4.78, 5) is 51.5. The van der Waals surface area contributed by atoms with E-state index in [9.17, 15) is 4.79 Å². The van der Waals surface area contributed by atoms with Gasteiger partial charge in [-0.15, -0.1) is 12.4 Å². The third-order valence-corrected chi connectivity index (χ3v) is 14.6. The highest BCUT2D eigenvalue weighted by atomic mass is 35.5. The van der Waals surface area contributed by atoms with Crippen LogP contribution in [0, 0.1) is 11.8 Å². The lowest BCUT2D eigenvalue weighted by Gasteiger charge is -2.31. The Morgan fingerprint density at radius 3 is 1.69 bits per heavy atom. The van der Waals surface area contributed by atoms with Crippen molar-refractivity contribution >= 4 is 85.9 Å². The van der Waals surface area contributed by atoms with Crippen LogP contribution >= 0.6 is 12.4 Å². The lowest BCUT2D eigenvalue weighted by Crippen LogP contribution is -2.39. The molecule has 0 aromatic carbocycles. The summed E-state index contributed by atoms with van der Waals surface area (Å²) >= 11 is 0. The van der Waals surface area contributed by atoms with E-state index in [4.69, 9.17) is 14.7 Å². The molecular weight excluding hydrogens is 900 g/mol. The molecule has 0 saturated heterocycles. The number of carbonyl (C=O) groups is 1. The Hall–Kier alpha value is -6.52. The van der Waals surface area contributed by atoms with Gasteiger partial charge >= 0.3 is 6.09 Å². The molecule has 1 amide bonds.